The lowest BCUT2D eigenvalue weighted by Crippen LogP contribution is -2.54. The second kappa shape index (κ2) is 16.0. The van der Waals surface area contributed by atoms with E-state index in [4.69, 9.17) is 19.5 Å². The molecule has 5 aliphatic rings. The average molecular weight is 761 g/mol. The van der Waals surface area contributed by atoms with E-state index < -0.39 is 24.3 Å². The van der Waals surface area contributed by atoms with E-state index in [1.807, 2.05) is 49.8 Å². The van der Waals surface area contributed by atoms with Crippen LogP contribution in [0.4, 0.5) is 9.59 Å². The van der Waals surface area contributed by atoms with E-state index in [0.717, 1.165) is 63.9 Å². The predicted molar refractivity (Wildman–Crippen MR) is 216 cm³/mol. The van der Waals surface area contributed by atoms with Gasteiger partial charge in [-0.3, -0.25) is 19.6 Å². The molecular formula is C44H52N6O6. The summed E-state index contributed by atoms with van der Waals surface area (Å²) in [5.41, 5.74) is 5.64. The summed E-state index contributed by atoms with van der Waals surface area (Å²) < 4.78 is 9.58. The number of amides is 4. The summed E-state index contributed by atoms with van der Waals surface area (Å²) in [7, 11) is 2.61. The summed E-state index contributed by atoms with van der Waals surface area (Å²) in [6, 6.07) is 11.2. The Labute approximate surface area is 328 Å². The van der Waals surface area contributed by atoms with Crippen LogP contribution in [0.15, 0.2) is 64.2 Å². The van der Waals surface area contributed by atoms with Crippen LogP contribution in [0.5, 0.6) is 0 Å². The number of alkyl carbamates (subject to hydrolysis) is 2. The molecule has 1 aliphatic carbocycles. The molecule has 0 spiro atoms. The second-order valence-electron chi connectivity index (χ2n) is 16.5. The van der Waals surface area contributed by atoms with Crippen LogP contribution >= 0.6 is 0 Å². The quantitative estimate of drug-likeness (QED) is 0.297. The van der Waals surface area contributed by atoms with E-state index in [0.29, 0.717) is 31.2 Å². The summed E-state index contributed by atoms with van der Waals surface area (Å²) in [4.78, 5) is 65.2. The maximum absolute atomic E-state index is 13.7. The molecule has 56 heavy (non-hydrogen) atoms. The Kier molecular flexibility index (Phi) is 11.1. The standard InChI is InChI=1S/C44H52N6O6/c1-24(2)39(47-43(53)55-6)41(51)49-23-26(5)16-37(49)34-15-14-33(46-34)31-13-12-29-17-27(10-11-30(29)19-31)8-9-28-18-35(45-22-28)38-21-32-20-36(32)50(38)42(52)40(25(3)4)48-44(54)56-7/h10-14,17,19,22,24-26,32,36-40H,15-16,18,20-21,23H2,1-7H3,(H,47,53)(H,48,54)/t26-,32+,36+,37-,38-,39-,40-/m0/s1. The topological polar surface area (TPSA) is 142 Å². The molecule has 0 aromatic heterocycles. The molecule has 0 bridgehead atoms. The van der Waals surface area contributed by atoms with Gasteiger partial charge in [0.2, 0.25) is 11.8 Å². The van der Waals surface area contributed by atoms with Crippen LogP contribution < -0.4 is 10.6 Å². The number of benzene rings is 2. The fourth-order valence-electron chi connectivity index (χ4n) is 8.62. The number of fused-ring (bicyclic) bond motifs is 2. The molecule has 4 heterocycles. The largest absolute Gasteiger partial charge is 0.453 e. The lowest BCUT2D eigenvalue weighted by atomic mass is 9.98. The minimum absolute atomic E-state index is 0.0772. The lowest BCUT2D eigenvalue weighted by Gasteiger charge is -2.33. The first-order chi connectivity index (χ1) is 26.8. The summed E-state index contributed by atoms with van der Waals surface area (Å²) >= 11 is 0. The van der Waals surface area contributed by atoms with Crippen LogP contribution in [0.25, 0.3) is 16.5 Å². The number of allylic oxidation sites excluding steroid dienone is 2. The van der Waals surface area contributed by atoms with E-state index in [9.17, 15) is 19.2 Å². The maximum atomic E-state index is 13.7. The van der Waals surface area contributed by atoms with Crippen LogP contribution in [0, 0.1) is 35.5 Å². The number of methoxy groups -OCH3 is 2. The molecule has 4 aliphatic heterocycles. The van der Waals surface area contributed by atoms with Gasteiger partial charge in [0, 0.05) is 59.8 Å². The Morgan fingerprint density at radius 1 is 0.821 bits per heavy atom. The Bertz CT molecular complexity index is 2120. The number of hydrogen-bond acceptors (Lipinski definition) is 8. The second-order valence-corrected chi connectivity index (χ2v) is 16.5. The monoisotopic (exact) mass is 760 g/mol. The fourth-order valence-corrected chi connectivity index (χ4v) is 8.62. The van der Waals surface area contributed by atoms with Crippen molar-refractivity contribution in [3.8, 4) is 11.8 Å². The van der Waals surface area contributed by atoms with Gasteiger partial charge in [-0.2, -0.15) is 0 Å². The molecule has 7 atom stereocenters. The van der Waals surface area contributed by atoms with E-state index in [2.05, 4.69) is 65.8 Å². The van der Waals surface area contributed by atoms with E-state index in [1.54, 1.807) is 0 Å². The highest BCUT2D eigenvalue weighted by atomic mass is 16.5. The predicted octanol–water partition coefficient (Wildman–Crippen LogP) is 6.09. The van der Waals surface area contributed by atoms with Crippen molar-refractivity contribution in [3.63, 3.8) is 0 Å². The van der Waals surface area contributed by atoms with Crippen LogP contribution in [-0.4, -0.2) is 96.2 Å². The highest BCUT2D eigenvalue weighted by molar-refractivity contribution is 6.03. The smallest absolute Gasteiger partial charge is 0.407 e. The molecule has 0 unspecified atom stereocenters. The Hall–Kier alpha value is -5.44. The molecule has 2 aromatic rings. The number of ether oxygens (including phenoxy) is 2. The number of nitrogens with zero attached hydrogens (tertiary/aromatic N) is 4. The van der Waals surface area contributed by atoms with Gasteiger partial charge in [0.25, 0.3) is 0 Å². The van der Waals surface area contributed by atoms with Gasteiger partial charge in [0.05, 0.1) is 32.0 Å². The van der Waals surface area contributed by atoms with Gasteiger partial charge in [0.15, 0.2) is 0 Å². The number of hydrogen-bond donors (Lipinski definition) is 2. The van der Waals surface area contributed by atoms with Crippen molar-refractivity contribution in [1.82, 2.24) is 20.4 Å². The third kappa shape index (κ3) is 7.95. The van der Waals surface area contributed by atoms with Crippen molar-refractivity contribution in [3.05, 3.63) is 65.4 Å². The average Bonchev–Trinajstić information content (AvgIpc) is 3.66. The SMILES string of the molecule is COC(=O)N[C@H](C(=O)N1C[C@@H](C)C[C@H]1C1=NC(c2ccc3cc(C#CC4=CN=C([C@@H]5C[C@H]6C[C@H]6N5C(=O)[C@@H](NC(=O)OC)C(C)C)C4)ccc3c2)=CC1)C(C)C. The van der Waals surface area contributed by atoms with Crippen molar-refractivity contribution in [2.75, 3.05) is 20.8 Å². The zero-order valence-corrected chi connectivity index (χ0v) is 33.3. The van der Waals surface area contributed by atoms with E-state index in [-0.39, 0.29) is 41.8 Å². The van der Waals surface area contributed by atoms with Gasteiger partial charge in [-0.15, -0.1) is 0 Å². The molecule has 294 valence electrons. The van der Waals surface area contributed by atoms with Gasteiger partial charge in [0.1, 0.15) is 12.1 Å². The number of rotatable bonds is 9. The first kappa shape index (κ1) is 38.8. The van der Waals surface area contributed by atoms with Gasteiger partial charge < -0.3 is 29.9 Å². The summed E-state index contributed by atoms with van der Waals surface area (Å²) in [6.45, 7) is 10.5. The zero-order chi connectivity index (χ0) is 39.8. The van der Waals surface area contributed by atoms with Crippen molar-refractivity contribution >= 4 is 51.9 Å². The van der Waals surface area contributed by atoms with Gasteiger partial charge in [-0.05, 0) is 71.9 Å². The first-order valence-corrected chi connectivity index (χ1v) is 19.8. The first-order valence-electron chi connectivity index (χ1n) is 19.8. The molecule has 7 rings (SSSR count). The van der Waals surface area contributed by atoms with Gasteiger partial charge >= 0.3 is 12.2 Å². The molecule has 12 heteroatoms. The Morgan fingerprint density at radius 2 is 1.50 bits per heavy atom. The molecule has 2 N–H and O–H groups in total. The molecule has 2 saturated heterocycles. The number of carbonyl (C=O) groups is 4. The normalized spacial score (nSPS) is 24.8. The number of aliphatic imine (C=N–C) groups is 2. The van der Waals surface area contributed by atoms with Crippen LogP contribution in [0.3, 0.4) is 0 Å². The summed E-state index contributed by atoms with van der Waals surface area (Å²) in [5, 5.41) is 7.62. The molecule has 0 radical (unpaired) electrons. The molecule has 2 aromatic carbocycles. The molecule has 4 amide bonds. The van der Waals surface area contributed by atoms with Crippen molar-refractivity contribution in [2.45, 2.75) is 96.9 Å². The van der Waals surface area contributed by atoms with Crippen LogP contribution in [0.2, 0.25) is 0 Å². The van der Waals surface area contributed by atoms with E-state index in [1.165, 1.54) is 14.2 Å². The molecule has 12 nitrogen and oxygen atoms in total. The summed E-state index contributed by atoms with van der Waals surface area (Å²) in [6.07, 6.45) is 6.71. The third-order valence-electron chi connectivity index (χ3n) is 11.7. The molecular weight excluding hydrogens is 709 g/mol. The van der Waals surface area contributed by atoms with Gasteiger partial charge in [-0.25, -0.2) is 9.59 Å². The Balaban J connectivity index is 0.995. The summed E-state index contributed by atoms with van der Waals surface area (Å²) in [5.74, 6) is 7.08. The molecule has 3 fully saturated rings. The highest BCUT2D eigenvalue weighted by Gasteiger charge is 2.56. The van der Waals surface area contributed by atoms with Crippen LogP contribution in [-0.2, 0) is 19.1 Å². The molecule has 1 saturated carbocycles. The minimum atomic E-state index is -0.673. The third-order valence-corrected chi connectivity index (χ3v) is 11.7. The lowest BCUT2D eigenvalue weighted by molar-refractivity contribution is -0.135. The fraction of sp³-hybridized carbons (Fsp3) is 0.500. The van der Waals surface area contributed by atoms with Crippen LogP contribution in [0.1, 0.15) is 77.8 Å². The number of likely N-dealkylation sites (tertiary alicyclic amines) is 2. The minimum Gasteiger partial charge on any atom is -0.453 e. The zero-order valence-electron chi connectivity index (χ0n) is 33.3. The highest BCUT2D eigenvalue weighted by Crippen LogP contribution is 2.49. The van der Waals surface area contributed by atoms with Crippen molar-refractivity contribution in [2.24, 2.45) is 33.7 Å². The number of piperidine rings is 1. The number of nitrogens with one attached hydrogen (secondary N) is 2. The number of carbonyl (C=O) groups excluding carboxylic acids is 4. The Morgan fingerprint density at radius 3 is 2.20 bits per heavy atom. The van der Waals surface area contributed by atoms with Gasteiger partial charge in [-0.1, -0.05) is 70.7 Å². The van der Waals surface area contributed by atoms with Crippen molar-refractivity contribution in [1.29, 1.82) is 0 Å². The van der Waals surface area contributed by atoms with Crippen molar-refractivity contribution < 1.29 is 28.7 Å². The maximum Gasteiger partial charge on any atom is 0.407 e. The van der Waals surface area contributed by atoms with E-state index >= 15 is 0 Å².